The molecule has 6 heteroatoms. The van der Waals surface area contributed by atoms with Gasteiger partial charge in [0, 0.05) is 18.0 Å². The van der Waals surface area contributed by atoms with E-state index in [2.05, 4.69) is 15.1 Å². The fourth-order valence-corrected chi connectivity index (χ4v) is 2.36. The van der Waals surface area contributed by atoms with Crippen LogP contribution < -0.4 is 0 Å². The van der Waals surface area contributed by atoms with Crippen LogP contribution in [0.4, 0.5) is 0 Å². The summed E-state index contributed by atoms with van der Waals surface area (Å²) in [7, 11) is 0. The first kappa shape index (κ1) is 12.5. The first-order valence-electron chi connectivity index (χ1n) is 6.37. The zero-order valence-corrected chi connectivity index (χ0v) is 10.6. The van der Waals surface area contributed by atoms with Gasteiger partial charge >= 0.3 is 5.97 Å². The molecule has 0 bridgehead atoms. The van der Waals surface area contributed by atoms with Gasteiger partial charge in [-0.05, 0) is 25.0 Å². The number of carbonyl (C=O) groups is 1. The molecule has 0 aliphatic heterocycles. The van der Waals surface area contributed by atoms with Crippen LogP contribution in [0.1, 0.15) is 24.7 Å². The Morgan fingerprint density at radius 3 is 2.75 bits per heavy atom. The Bertz CT molecular complexity index is 636. The van der Waals surface area contributed by atoms with Crippen LogP contribution in [0.5, 0.6) is 0 Å². The van der Waals surface area contributed by atoms with Gasteiger partial charge in [0.2, 0.25) is 11.7 Å². The molecule has 6 nitrogen and oxygen atoms in total. The maximum atomic E-state index is 11.3. The zero-order chi connectivity index (χ0) is 13.9. The van der Waals surface area contributed by atoms with Crippen LogP contribution in [-0.2, 0) is 4.79 Å². The number of pyridine rings is 1. The lowest BCUT2D eigenvalue weighted by molar-refractivity contribution is -0.142. The molecule has 0 aromatic carbocycles. The van der Waals surface area contributed by atoms with Crippen LogP contribution >= 0.6 is 0 Å². The molecule has 1 N–H and O–H groups in total. The molecule has 1 aliphatic rings. The van der Waals surface area contributed by atoms with Crippen LogP contribution in [0, 0.1) is 5.92 Å². The first-order chi connectivity index (χ1) is 9.75. The van der Waals surface area contributed by atoms with Crippen molar-refractivity contribution in [1.82, 2.24) is 15.1 Å². The number of rotatable bonds is 3. The molecule has 0 radical (unpaired) electrons. The Hall–Kier alpha value is -2.50. The van der Waals surface area contributed by atoms with Crippen molar-refractivity contribution in [2.45, 2.75) is 18.8 Å². The molecular formula is C14H13N3O3. The van der Waals surface area contributed by atoms with Gasteiger partial charge in [-0.25, -0.2) is 0 Å². The van der Waals surface area contributed by atoms with Crippen molar-refractivity contribution >= 4 is 5.97 Å². The zero-order valence-electron chi connectivity index (χ0n) is 10.6. The highest BCUT2D eigenvalue weighted by molar-refractivity contribution is 5.71. The molecule has 2 aromatic rings. The van der Waals surface area contributed by atoms with Gasteiger partial charge in [0.15, 0.2) is 0 Å². The van der Waals surface area contributed by atoms with Gasteiger partial charge in [0.25, 0.3) is 0 Å². The molecule has 102 valence electrons. The molecule has 0 fully saturated rings. The predicted molar refractivity (Wildman–Crippen MR) is 69.8 cm³/mol. The lowest BCUT2D eigenvalue weighted by Crippen LogP contribution is -2.23. The summed E-state index contributed by atoms with van der Waals surface area (Å²) in [6, 6.07) is 3.56. The number of aliphatic carboxylic acids is 1. The SMILES string of the molecule is O=C(O)[C@H]1CC=CC[C@H]1c1nc(-c2ccncc2)no1. The van der Waals surface area contributed by atoms with Crippen LogP contribution in [0.25, 0.3) is 11.4 Å². The van der Waals surface area contributed by atoms with Crippen molar-refractivity contribution < 1.29 is 14.4 Å². The quantitative estimate of drug-likeness (QED) is 0.861. The van der Waals surface area contributed by atoms with Crippen LogP contribution in [-0.4, -0.2) is 26.2 Å². The summed E-state index contributed by atoms with van der Waals surface area (Å²) in [5.41, 5.74) is 0.799. The molecule has 2 atom stereocenters. The third-order valence-electron chi connectivity index (χ3n) is 3.45. The van der Waals surface area contributed by atoms with Gasteiger partial charge in [0.1, 0.15) is 0 Å². The summed E-state index contributed by atoms with van der Waals surface area (Å²) in [5, 5.41) is 13.2. The second-order valence-corrected chi connectivity index (χ2v) is 4.69. The Morgan fingerprint density at radius 2 is 2.00 bits per heavy atom. The number of nitrogens with zero attached hydrogens (tertiary/aromatic N) is 3. The van der Waals surface area contributed by atoms with E-state index < -0.39 is 11.9 Å². The van der Waals surface area contributed by atoms with E-state index in [4.69, 9.17) is 4.52 Å². The van der Waals surface area contributed by atoms with Crippen molar-refractivity contribution in [3.63, 3.8) is 0 Å². The van der Waals surface area contributed by atoms with E-state index in [0.29, 0.717) is 24.6 Å². The van der Waals surface area contributed by atoms with E-state index in [-0.39, 0.29) is 5.92 Å². The predicted octanol–water partition coefficient (Wildman–Crippen LogP) is 2.27. The van der Waals surface area contributed by atoms with E-state index in [1.165, 1.54) is 0 Å². The molecule has 0 saturated carbocycles. The number of carboxylic acid groups (broad SMARTS) is 1. The highest BCUT2D eigenvalue weighted by Gasteiger charge is 2.33. The molecule has 0 spiro atoms. The molecule has 0 unspecified atom stereocenters. The molecule has 3 rings (SSSR count). The van der Waals surface area contributed by atoms with E-state index in [1.807, 2.05) is 12.2 Å². The number of allylic oxidation sites excluding steroid dienone is 2. The second kappa shape index (κ2) is 5.24. The molecular weight excluding hydrogens is 258 g/mol. The maximum Gasteiger partial charge on any atom is 0.307 e. The van der Waals surface area contributed by atoms with Crippen LogP contribution in [0.2, 0.25) is 0 Å². The van der Waals surface area contributed by atoms with Crippen LogP contribution in [0.15, 0.2) is 41.2 Å². The Balaban J connectivity index is 1.90. The van der Waals surface area contributed by atoms with Gasteiger partial charge in [-0.2, -0.15) is 4.98 Å². The average molecular weight is 271 g/mol. The first-order valence-corrected chi connectivity index (χ1v) is 6.37. The molecule has 20 heavy (non-hydrogen) atoms. The Labute approximate surface area is 115 Å². The average Bonchev–Trinajstić information content (AvgIpc) is 2.98. The Morgan fingerprint density at radius 1 is 1.25 bits per heavy atom. The van der Waals surface area contributed by atoms with Gasteiger partial charge in [-0.1, -0.05) is 17.3 Å². The van der Waals surface area contributed by atoms with Crippen molar-refractivity contribution in [1.29, 1.82) is 0 Å². The summed E-state index contributed by atoms with van der Waals surface area (Å²) < 4.78 is 5.26. The molecule has 1 aliphatic carbocycles. The lowest BCUT2D eigenvalue weighted by atomic mass is 9.83. The van der Waals surface area contributed by atoms with Crippen molar-refractivity contribution in [3.8, 4) is 11.4 Å². The summed E-state index contributed by atoms with van der Waals surface area (Å²) in [5.74, 6) is -0.760. The second-order valence-electron chi connectivity index (χ2n) is 4.69. The van der Waals surface area contributed by atoms with Gasteiger partial charge < -0.3 is 9.63 Å². The highest BCUT2D eigenvalue weighted by Crippen LogP contribution is 2.34. The fraction of sp³-hybridized carbons (Fsp3) is 0.286. The number of aromatic nitrogens is 3. The largest absolute Gasteiger partial charge is 0.481 e. The molecule has 0 saturated heterocycles. The smallest absolute Gasteiger partial charge is 0.307 e. The third-order valence-corrected chi connectivity index (χ3v) is 3.45. The number of hydrogen-bond donors (Lipinski definition) is 1. The van der Waals surface area contributed by atoms with E-state index in [9.17, 15) is 9.90 Å². The summed E-state index contributed by atoms with van der Waals surface area (Å²) in [6.07, 6.45) is 8.24. The minimum atomic E-state index is -0.831. The minimum absolute atomic E-state index is 0.263. The fourth-order valence-electron chi connectivity index (χ4n) is 2.36. The van der Waals surface area contributed by atoms with Gasteiger partial charge in [0.05, 0.1) is 11.8 Å². The van der Waals surface area contributed by atoms with Gasteiger partial charge in [-0.3, -0.25) is 9.78 Å². The van der Waals surface area contributed by atoms with Gasteiger partial charge in [-0.15, -0.1) is 0 Å². The van der Waals surface area contributed by atoms with E-state index >= 15 is 0 Å². The third kappa shape index (κ3) is 2.32. The van der Waals surface area contributed by atoms with E-state index in [1.54, 1.807) is 24.5 Å². The van der Waals surface area contributed by atoms with Crippen LogP contribution in [0.3, 0.4) is 0 Å². The normalized spacial score (nSPS) is 21.8. The van der Waals surface area contributed by atoms with Crippen molar-refractivity contribution in [2.24, 2.45) is 5.92 Å². The lowest BCUT2D eigenvalue weighted by Gasteiger charge is -2.21. The van der Waals surface area contributed by atoms with Crippen molar-refractivity contribution in [2.75, 3.05) is 0 Å². The molecule has 2 heterocycles. The molecule has 0 amide bonds. The highest BCUT2D eigenvalue weighted by atomic mass is 16.5. The number of hydrogen-bond acceptors (Lipinski definition) is 5. The number of carboxylic acids is 1. The monoisotopic (exact) mass is 271 g/mol. The molecule has 2 aromatic heterocycles. The summed E-state index contributed by atoms with van der Waals surface area (Å²) in [4.78, 5) is 19.5. The maximum absolute atomic E-state index is 11.3. The van der Waals surface area contributed by atoms with Crippen molar-refractivity contribution in [3.05, 3.63) is 42.6 Å². The topological polar surface area (TPSA) is 89.1 Å². The Kier molecular flexibility index (Phi) is 3.28. The summed E-state index contributed by atoms with van der Waals surface area (Å²) in [6.45, 7) is 0. The standard InChI is InChI=1S/C14H13N3O3/c18-14(19)11-4-2-1-3-10(11)13-16-12(17-20-13)9-5-7-15-8-6-9/h1-2,5-8,10-11H,3-4H2,(H,18,19)/t10-,11+/m1/s1. The minimum Gasteiger partial charge on any atom is -0.481 e. The van der Waals surface area contributed by atoms with E-state index in [0.717, 1.165) is 5.56 Å². The summed E-state index contributed by atoms with van der Waals surface area (Å²) >= 11 is 0.